The van der Waals surface area contributed by atoms with Crippen molar-refractivity contribution in [3.05, 3.63) is 70.2 Å². The van der Waals surface area contributed by atoms with Gasteiger partial charge in [-0.3, -0.25) is 4.79 Å². The second kappa shape index (κ2) is 10.7. The number of rotatable bonds is 9. The summed E-state index contributed by atoms with van der Waals surface area (Å²) in [7, 11) is 0. The highest BCUT2D eigenvalue weighted by Crippen LogP contribution is 2.24. The third kappa shape index (κ3) is 6.53. The van der Waals surface area contributed by atoms with Gasteiger partial charge in [-0.15, -0.1) is 0 Å². The van der Waals surface area contributed by atoms with Crippen LogP contribution in [0.4, 0.5) is 0 Å². The van der Waals surface area contributed by atoms with Crippen molar-refractivity contribution < 1.29 is 14.3 Å². The van der Waals surface area contributed by atoms with Gasteiger partial charge in [0.25, 0.3) is 5.91 Å². The van der Waals surface area contributed by atoms with Crippen molar-refractivity contribution in [3.8, 4) is 11.5 Å². The summed E-state index contributed by atoms with van der Waals surface area (Å²) in [5.41, 5.74) is 5.36. The molecule has 148 valence electrons. The average Bonchev–Trinajstić information content (AvgIpc) is 2.66. The molecule has 0 saturated carbocycles. The number of nitrogens with one attached hydrogen (secondary N) is 1. The first kappa shape index (κ1) is 21.7. The summed E-state index contributed by atoms with van der Waals surface area (Å²) in [5.74, 6) is 1.41. The quantitative estimate of drug-likeness (QED) is 0.337. The normalized spacial score (nSPS) is 10.9. The van der Waals surface area contributed by atoms with Gasteiger partial charge < -0.3 is 9.47 Å². The van der Waals surface area contributed by atoms with Gasteiger partial charge in [0.15, 0.2) is 6.61 Å². The van der Waals surface area contributed by atoms with Gasteiger partial charge in [0, 0.05) is 10.0 Å². The van der Waals surface area contributed by atoms with E-state index in [0.717, 1.165) is 15.6 Å². The topological polar surface area (TPSA) is 59.9 Å². The molecule has 0 spiro atoms. The lowest BCUT2D eigenvalue weighted by Gasteiger charge is -2.12. The molecule has 5 nitrogen and oxygen atoms in total. The summed E-state index contributed by atoms with van der Waals surface area (Å²) in [5, 5.41) is 4.00. The number of ether oxygens (including phenoxy) is 2. The number of nitrogens with zero attached hydrogens (tertiary/aromatic N) is 1. The lowest BCUT2D eigenvalue weighted by molar-refractivity contribution is -0.123. The van der Waals surface area contributed by atoms with E-state index in [1.165, 1.54) is 11.8 Å². The van der Waals surface area contributed by atoms with Crippen molar-refractivity contribution in [1.82, 2.24) is 5.43 Å². The Balaban J connectivity index is 1.95. The fourth-order valence-corrected chi connectivity index (χ4v) is 2.76. The van der Waals surface area contributed by atoms with Crippen LogP contribution in [0.1, 0.15) is 36.5 Å². The van der Waals surface area contributed by atoms with Crippen LogP contribution in [0.3, 0.4) is 0 Å². The van der Waals surface area contributed by atoms with Crippen molar-refractivity contribution in [3.63, 3.8) is 0 Å². The van der Waals surface area contributed by atoms with Crippen LogP contribution in [-0.2, 0) is 4.79 Å². The van der Waals surface area contributed by atoms with Crippen LogP contribution in [0.5, 0.6) is 11.5 Å². The van der Waals surface area contributed by atoms with Crippen LogP contribution < -0.4 is 14.9 Å². The van der Waals surface area contributed by atoms with Crippen LogP contribution in [0.25, 0.3) is 0 Å². The first-order valence-electron chi connectivity index (χ1n) is 8.99. The zero-order valence-electron chi connectivity index (χ0n) is 16.4. The lowest BCUT2D eigenvalue weighted by atomic mass is 10.0. The Hall–Kier alpha value is -2.60. The Morgan fingerprint density at radius 2 is 2.00 bits per heavy atom. The van der Waals surface area contributed by atoms with E-state index < -0.39 is 0 Å². The van der Waals surface area contributed by atoms with Gasteiger partial charge in [0.2, 0.25) is 0 Å². The molecule has 0 atom stereocenters. The van der Waals surface area contributed by atoms with Gasteiger partial charge in [0.1, 0.15) is 18.1 Å². The molecule has 0 unspecified atom stereocenters. The maximum Gasteiger partial charge on any atom is 0.277 e. The minimum absolute atomic E-state index is 0.113. The summed E-state index contributed by atoms with van der Waals surface area (Å²) < 4.78 is 12.1. The van der Waals surface area contributed by atoms with E-state index in [0.29, 0.717) is 24.0 Å². The van der Waals surface area contributed by atoms with Crippen LogP contribution in [0.15, 0.2) is 58.6 Å². The van der Waals surface area contributed by atoms with Crippen molar-refractivity contribution in [2.45, 2.75) is 26.7 Å². The highest BCUT2D eigenvalue weighted by molar-refractivity contribution is 9.10. The third-order valence-electron chi connectivity index (χ3n) is 3.96. The lowest BCUT2D eigenvalue weighted by Crippen LogP contribution is -2.24. The highest BCUT2D eigenvalue weighted by Gasteiger charge is 2.08. The molecular weight excluding hydrogens is 420 g/mol. The Kier molecular flexibility index (Phi) is 8.26. The number of benzene rings is 2. The molecule has 1 amide bonds. The molecule has 2 rings (SSSR count). The van der Waals surface area contributed by atoms with E-state index in [1.54, 1.807) is 6.08 Å². The van der Waals surface area contributed by atoms with E-state index >= 15 is 0 Å². The van der Waals surface area contributed by atoms with Crippen molar-refractivity contribution in [2.24, 2.45) is 5.10 Å². The van der Waals surface area contributed by atoms with Gasteiger partial charge in [0.05, 0.1) is 6.21 Å². The third-order valence-corrected chi connectivity index (χ3v) is 4.45. The minimum atomic E-state index is -0.339. The van der Waals surface area contributed by atoms with Crippen molar-refractivity contribution >= 4 is 28.1 Å². The number of hydrogen-bond acceptors (Lipinski definition) is 4. The highest BCUT2D eigenvalue weighted by atomic mass is 79.9. The fourth-order valence-electron chi connectivity index (χ4n) is 2.38. The minimum Gasteiger partial charge on any atom is -0.489 e. The monoisotopic (exact) mass is 444 g/mol. The Labute approximate surface area is 174 Å². The number of carbonyl (C=O) groups excluding carboxylic acids is 1. The zero-order valence-corrected chi connectivity index (χ0v) is 18.0. The molecule has 28 heavy (non-hydrogen) atoms. The van der Waals surface area contributed by atoms with Crippen LogP contribution >= 0.6 is 15.9 Å². The fraction of sp³-hybridized carbons (Fsp3) is 0.273. The second-order valence-corrected chi connectivity index (χ2v) is 7.46. The molecule has 0 heterocycles. The summed E-state index contributed by atoms with van der Waals surface area (Å²) >= 11 is 3.41. The first-order valence-corrected chi connectivity index (χ1v) is 9.78. The number of aryl methyl sites for hydroxylation is 1. The van der Waals surface area contributed by atoms with Crippen molar-refractivity contribution in [2.75, 3.05) is 13.2 Å². The summed E-state index contributed by atoms with van der Waals surface area (Å²) in [6.45, 7) is 10.1. The van der Waals surface area contributed by atoms with Gasteiger partial charge in [-0.1, -0.05) is 54.6 Å². The van der Waals surface area contributed by atoms with E-state index in [9.17, 15) is 4.79 Å². The smallest absolute Gasteiger partial charge is 0.277 e. The van der Waals surface area contributed by atoms with Gasteiger partial charge in [-0.2, -0.15) is 5.10 Å². The molecule has 0 aliphatic rings. The van der Waals surface area contributed by atoms with Gasteiger partial charge >= 0.3 is 0 Å². The van der Waals surface area contributed by atoms with E-state index in [2.05, 4.69) is 52.9 Å². The molecule has 2 aromatic carbocycles. The molecule has 0 aliphatic carbocycles. The number of amides is 1. The molecule has 0 radical (unpaired) electrons. The van der Waals surface area contributed by atoms with Gasteiger partial charge in [-0.25, -0.2) is 5.43 Å². The van der Waals surface area contributed by atoms with E-state index in [1.807, 2.05) is 37.3 Å². The first-order chi connectivity index (χ1) is 13.4. The molecule has 6 heteroatoms. The predicted octanol–water partition coefficient (Wildman–Crippen LogP) is 4.97. The second-order valence-electron chi connectivity index (χ2n) is 6.54. The Bertz CT molecular complexity index is 863. The molecule has 1 N–H and O–H groups in total. The average molecular weight is 445 g/mol. The summed E-state index contributed by atoms with van der Waals surface area (Å²) in [6, 6.07) is 11.6. The maximum atomic E-state index is 12.1. The van der Waals surface area contributed by atoms with Crippen LogP contribution in [0, 0.1) is 6.92 Å². The number of hydrogen-bond donors (Lipinski definition) is 1. The molecule has 0 aromatic heterocycles. The zero-order chi connectivity index (χ0) is 20.5. The number of halogens is 1. The van der Waals surface area contributed by atoms with E-state index in [4.69, 9.17) is 9.47 Å². The van der Waals surface area contributed by atoms with Crippen LogP contribution in [-0.4, -0.2) is 25.3 Å². The largest absolute Gasteiger partial charge is 0.489 e. The maximum absolute atomic E-state index is 12.1. The Morgan fingerprint density at radius 3 is 2.71 bits per heavy atom. The standard InChI is InChI=1S/C22H25BrN2O3/c1-5-10-27-20-9-8-19(23)11-18(20)13-24-25-22(26)14-28-21-12-17(15(2)3)7-6-16(21)4/h5-9,11-13,15H,1,10,14H2,2-4H3,(H,25,26)/b24-13-. The molecule has 0 fully saturated rings. The molecule has 0 aliphatic heterocycles. The van der Waals surface area contributed by atoms with Gasteiger partial charge in [-0.05, 0) is 48.2 Å². The van der Waals surface area contributed by atoms with E-state index in [-0.39, 0.29) is 12.5 Å². The number of carbonyl (C=O) groups is 1. The number of hydrazone groups is 1. The Morgan fingerprint density at radius 1 is 1.21 bits per heavy atom. The molecular formula is C22H25BrN2O3. The molecule has 0 bridgehead atoms. The van der Waals surface area contributed by atoms with Crippen LogP contribution in [0.2, 0.25) is 0 Å². The molecule has 2 aromatic rings. The van der Waals surface area contributed by atoms with Crippen molar-refractivity contribution in [1.29, 1.82) is 0 Å². The SMILES string of the molecule is C=CCOc1ccc(Br)cc1/C=N\NC(=O)COc1cc(C(C)C)ccc1C. The summed E-state index contributed by atoms with van der Waals surface area (Å²) in [6.07, 6.45) is 3.20. The summed E-state index contributed by atoms with van der Waals surface area (Å²) in [4.78, 5) is 12.1. The molecule has 0 saturated heterocycles. The predicted molar refractivity (Wildman–Crippen MR) is 116 cm³/mol.